The highest BCUT2D eigenvalue weighted by atomic mass is 16.5. The number of carbonyl (C=O) groups is 3. The van der Waals surface area contributed by atoms with Crippen LogP contribution in [-0.2, 0) is 20.9 Å². The predicted molar refractivity (Wildman–Crippen MR) is 128 cm³/mol. The van der Waals surface area contributed by atoms with Gasteiger partial charge in [-0.1, -0.05) is 45.9 Å². The third-order valence-corrected chi connectivity index (χ3v) is 6.11. The molecule has 0 bridgehead atoms. The van der Waals surface area contributed by atoms with Gasteiger partial charge < -0.3 is 26.0 Å². The van der Waals surface area contributed by atoms with Crippen LogP contribution in [0.3, 0.4) is 0 Å². The van der Waals surface area contributed by atoms with Crippen molar-refractivity contribution in [1.29, 1.82) is 0 Å². The maximum absolute atomic E-state index is 12.9. The fourth-order valence-corrected chi connectivity index (χ4v) is 4.15. The molecule has 2 atom stereocenters. The quantitative estimate of drug-likeness (QED) is 0.495. The molecule has 3 amide bonds. The topological polar surface area (TPSA) is 114 Å². The first-order valence-corrected chi connectivity index (χ1v) is 11.9. The Morgan fingerprint density at radius 2 is 1.76 bits per heavy atom. The molecule has 1 aromatic rings. The van der Waals surface area contributed by atoms with Crippen LogP contribution in [-0.4, -0.2) is 54.9 Å². The number of rotatable bonds is 10. The maximum atomic E-state index is 12.9. The number of nitrogens with zero attached hydrogens (tertiary/aromatic N) is 1. The Morgan fingerprint density at radius 1 is 1.12 bits per heavy atom. The Balaban J connectivity index is 1.88. The van der Waals surface area contributed by atoms with Crippen LogP contribution in [0.4, 0.5) is 0 Å². The van der Waals surface area contributed by atoms with E-state index in [1.54, 1.807) is 12.0 Å². The fraction of sp³-hybridized carbons (Fsp3) is 0.640. The number of ether oxygens (including phenoxy) is 1. The molecule has 184 valence electrons. The number of hydrogen-bond donors (Lipinski definition) is 3. The highest BCUT2D eigenvalue weighted by Gasteiger charge is 2.32. The number of methoxy groups -OCH3 is 1. The van der Waals surface area contributed by atoms with Crippen molar-refractivity contribution in [3.8, 4) is 5.75 Å². The van der Waals surface area contributed by atoms with Crippen LogP contribution in [0, 0.1) is 17.8 Å². The van der Waals surface area contributed by atoms with E-state index in [0.29, 0.717) is 50.6 Å². The molecule has 4 N–H and O–H groups in total. The van der Waals surface area contributed by atoms with Gasteiger partial charge in [0, 0.05) is 31.1 Å². The van der Waals surface area contributed by atoms with Gasteiger partial charge in [-0.25, -0.2) is 0 Å². The number of nitrogens with two attached hydrogens (primary N) is 1. The lowest BCUT2D eigenvalue weighted by atomic mass is 9.93. The number of benzene rings is 1. The molecule has 1 aliphatic heterocycles. The summed E-state index contributed by atoms with van der Waals surface area (Å²) in [7, 11) is 1.59. The zero-order chi connectivity index (χ0) is 24.5. The Kier molecular flexibility index (Phi) is 10.2. The molecule has 0 unspecified atom stereocenters. The fourth-order valence-electron chi connectivity index (χ4n) is 4.15. The molecular weight excluding hydrogens is 420 g/mol. The number of para-hydroxylation sites is 1. The SMILES string of the molecule is COc1ccccc1CNC(=O)[C@@H](NC(=O)C1CCN(C(=O)[C@@H](N)CC(C)C)CC1)C(C)C. The van der Waals surface area contributed by atoms with E-state index >= 15 is 0 Å². The van der Waals surface area contributed by atoms with Gasteiger partial charge in [-0.05, 0) is 37.2 Å². The summed E-state index contributed by atoms with van der Waals surface area (Å²) in [5, 5.41) is 5.85. The van der Waals surface area contributed by atoms with Gasteiger partial charge in [0.25, 0.3) is 0 Å². The number of piperidine rings is 1. The average molecular weight is 461 g/mol. The number of likely N-dealkylation sites (tertiary alicyclic amines) is 1. The number of nitrogens with one attached hydrogen (secondary N) is 2. The number of amides is 3. The molecule has 8 heteroatoms. The number of carbonyl (C=O) groups excluding carboxylic acids is 3. The normalized spacial score (nSPS) is 16.4. The molecule has 0 radical (unpaired) electrons. The zero-order valence-corrected chi connectivity index (χ0v) is 20.6. The summed E-state index contributed by atoms with van der Waals surface area (Å²) >= 11 is 0. The van der Waals surface area contributed by atoms with Crippen molar-refractivity contribution in [3.63, 3.8) is 0 Å². The maximum Gasteiger partial charge on any atom is 0.243 e. The molecule has 2 rings (SSSR count). The van der Waals surface area contributed by atoms with Gasteiger partial charge in [-0.15, -0.1) is 0 Å². The Bertz CT molecular complexity index is 803. The summed E-state index contributed by atoms with van der Waals surface area (Å²) < 4.78 is 5.33. The highest BCUT2D eigenvalue weighted by molar-refractivity contribution is 5.89. The lowest BCUT2D eigenvalue weighted by Gasteiger charge is -2.34. The van der Waals surface area contributed by atoms with Gasteiger partial charge in [0.2, 0.25) is 17.7 Å². The van der Waals surface area contributed by atoms with Crippen molar-refractivity contribution in [3.05, 3.63) is 29.8 Å². The Labute approximate surface area is 197 Å². The van der Waals surface area contributed by atoms with E-state index in [1.165, 1.54) is 0 Å². The standard InChI is InChI=1S/C25H40N4O4/c1-16(2)14-20(26)25(32)29-12-10-18(11-13-29)23(30)28-22(17(3)4)24(31)27-15-19-8-6-7-9-21(19)33-5/h6-9,16-18,20,22H,10-15,26H2,1-5H3,(H,27,31)(H,28,30)/t20-,22-/m0/s1. The Morgan fingerprint density at radius 3 is 2.33 bits per heavy atom. The van der Waals surface area contributed by atoms with Gasteiger partial charge in [0.15, 0.2) is 0 Å². The van der Waals surface area contributed by atoms with E-state index in [-0.39, 0.29) is 29.6 Å². The lowest BCUT2D eigenvalue weighted by molar-refractivity contribution is -0.138. The van der Waals surface area contributed by atoms with Crippen molar-refractivity contribution in [2.75, 3.05) is 20.2 Å². The smallest absolute Gasteiger partial charge is 0.243 e. The summed E-state index contributed by atoms with van der Waals surface area (Å²) in [5.41, 5.74) is 6.91. The number of hydrogen-bond acceptors (Lipinski definition) is 5. The summed E-state index contributed by atoms with van der Waals surface area (Å²) in [6, 6.07) is 6.37. The molecule has 1 aliphatic rings. The van der Waals surface area contributed by atoms with Crippen LogP contribution in [0.25, 0.3) is 0 Å². The molecule has 1 fully saturated rings. The highest BCUT2D eigenvalue weighted by Crippen LogP contribution is 2.20. The molecule has 0 spiro atoms. The summed E-state index contributed by atoms with van der Waals surface area (Å²) in [4.78, 5) is 40.1. The third kappa shape index (κ3) is 7.74. The summed E-state index contributed by atoms with van der Waals surface area (Å²) in [6.07, 6.45) is 1.79. The van der Waals surface area contributed by atoms with Gasteiger partial charge in [-0.3, -0.25) is 14.4 Å². The molecule has 0 aliphatic carbocycles. The summed E-state index contributed by atoms with van der Waals surface area (Å²) in [6.45, 7) is 9.24. The first-order valence-electron chi connectivity index (χ1n) is 11.9. The van der Waals surface area contributed by atoms with E-state index < -0.39 is 12.1 Å². The molecule has 8 nitrogen and oxygen atoms in total. The van der Waals surface area contributed by atoms with Crippen LogP contribution in [0.5, 0.6) is 5.75 Å². The molecule has 1 heterocycles. The first kappa shape index (κ1) is 26.6. The monoisotopic (exact) mass is 460 g/mol. The van der Waals surface area contributed by atoms with Gasteiger partial charge in [-0.2, -0.15) is 0 Å². The van der Waals surface area contributed by atoms with E-state index in [0.717, 1.165) is 5.56 Å². The molecule has 33 heavy (non-hydrogen) atoms. The lowest BCUT2D eigenvalue weighted by Crippen LogP contribution is -2.53. The molecule has 1 aromatic carbocycles. The van der Waals surface area contributed by atoms with Gasteiger partial charge >= 0.3 is 0 Å². The molecular formula is C25H40N4O4. The Hall–Kier alpha value is -2.61. The zero-order valence-electron chi connectivity index (χ0n) is 20.6. The molecule has 0 saturated carbocycles. The minimum Gasteiger partial charge on any atom is -0.496 e. The van der Waals surface area contributed by atoms with Crippen LogP contribution in [0.2, 0.25) is 0 Å². The summed E-state index contributed by atoms with van der Waals surface area (Å²) in [5.74, 6) is 0.363. The minimum atomic E-state index is -0.633. The van der Waals surface area contributed by atoms with Crippen molar-refractivity contribution < 1.29 is 19.1 Å². The van der Waals surface area contributed by atoms with Crippen LogP contribution >= 0.6 is 0 Å². The van der Waals surface area contributed by atoms with Crippen molar-refractivity contribution in [2.45, 2.75) is 65.6 Å². The van der Waals surface area contributed by atoms with Crippen LogP contribution < -0.4 is 21.1 Å². The van der Waals surface area contributed by atoms with Crippen molar-refractivity contribution >= 4 is 17.7 Å². The largest absolute Gasteiger partial charge is 0.496 e. The first-order chi connectivity index (χ1) is 15.6. The predicted octanol–water partition coefficient (Wildman–Crippen LogP) is 2.06. The van der Waals surface area contributed by atoms with Crippen molar-refractivity contribution in [1.82, 2.24) is 15.5 Å². The van der Waals surface area contributed by atoms with E-state index in [1.807, 2.05) is 52.0 Å². The minimum absolute atomic E-state index is 0.0432. The van der Waals surface area contributed by atoms with Gasteiger partial charge in [0.1, 0.15) is 11.8 Å². The second kappa shape index (κ2) is 12.6. The second-order valence-corrected chi connectivity index (χ2v) is 9.60. The molecule has 1 saturated heterocycles. The van der Waals surface area contributed by atoms with Crippen molar-refractivity contribution in [2.24, 2.45) is 23.5 Å². The van der Waals surface area contributed by atoms with E-state index in [4.69, 9.17) is 10.5 Å². The van der Waals surface area contributed by atoms with E-state index in [9.17, 15) is 14.4 Å². The van der Waals surface area contributed by atoms with Crippen LogP contribution in [0.1, 0.15) is 52.5 Å². The third-order valence-electron chi connectivity index (χ3n) is 6.11. The average Bonchev–Trinajstić information content (AvgIpc) is 2.79. The van der Waals surface area contributed by atoms with Crippen LogP contribution in [0.15, 0.2) is 24.3 Å². The molecule has 0 aromatic heterocycles. The second-order valence-electron chi connectivity index (χ2n) is 9.60. The van der Waals surface area contributed by atoms with Gasteiger partial charge in [0.05, 0.1) is 13.2 Å². The van der Waals surface area contributed by atoms with E-state index in [2.05, 4.69) is 10.6 Å².